The van der Waals surface area contributed by atoms with E-state index in [1.807, 2.05) is 24.3 Å². The van der Waals surface area contributed by atoms with Gasteiger partial charge in [-0.1, -0.05) is 23.2 Å². The molecule has 3 unspecified atom stereocenters. The molecule has 0 aromatic heterocycles. The van der Waals surface area contributed by atoms with Crippen LogP contribution in [0.4, 0.5) is 0 Å². The Balaban J connectivity index is 1.68. The minimum atomic E-state index is -0.397. The molecule has 1 amide bonds. The summed E-state index contributed by atoms with van der Waals surface area (Å²) in [6.07, 6.45) is -0.397. The molecule has 0 aliphatic carbocycles. The van der Waals surface area contributed by atoms with E-state index in [2.05, 4.69) is 16.2 Å². The highest BCUT2D eigenvalue weighted by Gasteiger charge is 2.35. The largest absolute Gasteiger partial charge is 0.344 e. The van der Waals surface area contributed by atoms with Crippen molar-refractivity contribution in [3.8, 4) is 0 Å². The summed E-state index contributed by atoms with van der Waals surface area (Å²) in [5.74, 6) is -0.195. The maximum atomic E-state index is 12.4. The first-order chi connectivity index (χ1) is 11.5. The Hall–Kier alpha value is -1.28. The van der Waals surface area contributed by atoms with Crippen LogP contribution in [-0.4, -0.2) is 23.5 Å². The van der Waals surface area contributed by atoms with Crippen molar-refractivity contribution >= 4 is 40.9 Å². The molecule has 126 valence electrons. The lowest BCUT2D eigenvalue weighted by Crippen LogP contribution is -2.51. The summed E-state index contributed by atoms with van der Waals surface area (Å²) in [6.45, 7) is 0. The second-order valence-corrected chi connectivity index (χ2v) is 7.40. The molecule has 2 aromatic carbocycles. The number of nitrogens with two attached hydrogens (primary N) is 1. The number of carbonyl (C=O) groups excluding carboxylic acids is 1. The molecule has 8 heteroatoms. The predicted octanol–water partition coefficient (Wildman–Crippen LogP) is 2.60. The highest BCUT2D eigenvalue weighted by Crippen LogP contribution is 2.27. The van der Waals surface area contributed by atoms with Gasteiger partial charge in [-0.05, 0) is 48.5 Å². The molecule has 5 nitrogen and oxygen atoms in total. The summed E-state index contributed by atoms with van der Waals surface area (Å²) in [5, 5.41) is 4.12. The van der Waals surface area contributed by atoms with E-state index in [1.54, 1.807) is 36.0 Å². The number of nitrogens with one attached hydrogen (secondary N) is 3. The van der Waals surface area contributed by atoms with Crippen LogP contribution in [0.3, 0.4) is 0 Å². The molecule has 24 heavy (non-hydrogen) atoms. The number of hydrogen-bond acceptors (Lipinski definition) is 5. The van der Waals surface area contributed by atoms with Crippen molar-refractivity contribution in [2.24, 2.45) is 5.73 Å². The minimum Gasteiger partial charge on any atom is -0.344 e. The molecular formula is C16H16Cl2N4OS. The first kappa shape index (κ1) is 17.5. The third-order valence-electron chi connectivity index (χ3n) is 3.59. The van der Waals surface area contributed by atoms with Crippen LogP contribution in [-0.2, 0) is 0 Å². The molecule has 1 aliphatic rings. The summed E-state index contributed by atoms with van der Waals surface area (Å²) in [7, 11) is 0. The number of benzene rings is 2. The topological polar surface area (TPSA) is 79.2 Å². The molecule has 0 radical (unpaired) electrons. The van der Waals surface area contributed by atoms with Gasteiger partial charge in [0, 0.05) is 20.5 Å². The molecule has 1 saturated heterocycles. The number of halogens is 2. The number of hydrogen-bond donors (Lipinski definition) is 4. The number of amides is 1. The number of carbonyl (C=O) groups is 1. The number of rotatable bonds is 4. The maximum absolute atomic E-state index is 12.4. The summed E-state index contributed by atoms with van der Waals surface area (Å²) < 4.78 is 0. The normalized spacial score (nSPS) is 23.2. The zero-order chi connectivity index (χ0) is 17.1. The van der Waals surface area contributed by atoms with Crippen LogP contribution in [0, 0.1) is 0 Å². The van der Waals surface area contributed by atoms with Gasteiger partial charge in [-0.15, -0.1) is 11.8 Å². The first-order valence-electron chi connectivity index (χ1n) is 7.28. The Morgan fingerprint density at radius 3 is 2.21 bits per heavy atom. The zero-order valence-electron chi connectivity index (χ0n) is 12.5. The lowest BCUT2D eigenvalue weighted by atomic mass is 10.2. The van der Waals surface area contributed by atoms with E-state index in [0.717, 1.165) is 4.90 Å². The van der Waals surface area contributed by atoms with Crippen LogP contribution in [0.1, 0.15) is 10.4 Å². The van der Waals surface area contributed by atoms with E-state index in [9.17, 15) is 4.79 Å². The van der Waals surface area contributed by atoms with Crippen molar-refractivity contribution in [3.05, 3.63) is 64.1 Å². The van der Waals surface area contributed by atoms with Crippen LogP contribution < -0.4 is 21.9 Å². The van der Waals surface area contributed by atoms with E-state index in [0.29, 0.717) is 15.6 Å². The van der Waals surface area contributed by atoms with Crippen molar-refractivity contribution in [3.63, 3.8) is 0 Å². The monoisotopic (exact) mass is 382 g/mol. The fourth-order valence-corrected chi connectivity index (χ4v) is 3.66. The van der Waals surface area contributed by atoms with Crippen molar-refractivity contribution in [1.82, 2.24) is 16.2 Å². The van der Waals surface area contributed by atoms with Gasteiger partial charge in [0.05, 0.1) is 17.6 Å². The van der Waals surface area contributed by atoms with Gasteiger partial charge < -0.3 is 11.1 Å². The maximum Gasteiger partial charge on any atom is 0.251 e. The average molecular weight is 383 g/mol. The predicted molar refractivity (Wildman–Crippen MR) is 98.0 cm³/mol. The first-order valence-corrected chi connectivity index (χ1v) is 8.92. The molecule has 2 aromatic rings. The summed E-state index contributed by atoms with van der Waals surface area (Å²) >= 11 is 13.3. The fraction of sp³-hybridized carbons (Fsp3) is 0.188. The molecule has 1 heterocycles. The Morgan fingerprint density at radius 1 is 1.00 bits per heavy atom. The fourth-order valence-electron chi connectivity index (χ4n) is 2.31. The molecular weight excluding hydrogens is 367 g/mol. The summed E-state index contributed by atoms with van der Waals surface area (Å²) in [4.78, 5) is 13.4. The molecule has 1 fully saturated rings. The van der Waals surface area contributed by atoms with Gasteiger partial charge in [-0.3, -0.25) is 4.79 Å². The Labute approximate surface area is 154 Å². The van der Waals surface area contributed by atoms with Gasteiger partial charge in [0.15, 0.2) is 0 Å². The second kappa shape index (κ2) is 7.74. The molecule has 3 rings (SSSR count). The molecule has 0 spiro atoms. The van der Waals surface area contributed by atoms with Crippen molar-refractivity contribution in [1.29, 1.82) is 0 Å². The lowest BCUT2D eigenvalue weighted by molar-refractivity contribution is 0.0934. The highest BCUT2D eigenvalue weighted by molar-refractivity contribution is 8.00. The minimum absolute atomic E-state index is 0.113. The van der Waals surface area contributed by atoms with Gasteiger partial charge in [0.25, 0.3) is 5.91 Å². The zero-order valence-corrected chi connectivity index (χ0v) is 14.8. The lowest BCUT2D eigenvalue weighted by Gasteiger charge is -2.22. The number of hydrazine groups is 1. The van der Waals surface area contributed by atoms with Crippen molar-refractivity contribution in [2.75, 3.05) is 0 Å². The Kier molecular flexibility index (Phi) is 5.65. The number of thioether (sulfide) groups is 1. The third-order valence-corrected chi connectivity index (χ3v) is 5.30. The smallest absolute Gasteiger partial charge is 0.251 e. The summed E-state index contributed by atoms with van der Waals surface area (Å²) in [6, 6.07) is 14.0. The standard InChI is InChI=1S/C16H16Cl2N4OS/c17-10-3-1-9(2-4-10)15(23)20-13-14(19)21-22-16(13)24-12-7-5-11(18)6-8-12/h1-8,13-14,16,21-22H,19H2,(H,20,23). The molecule has 0 saturated carbocycles. The molecule has 5 N–H and O–H groups in total. The second-order valence-electron chi connectivity index (χ2n) is 5.31. The average Bonchev–Trinajstić information content (AvgIpc) is 2.91. The summed E-state index contributed by atoms with van der Waals surface area (Å²) in [5.41, 5.74) is 12.7. The molecule has 1 aliphatic heterocycles. The van der Waals surface area contributed by atoms with Crippen LogP contribution in [0.15, 0.2) is 53.4 Å². The Morgan fingerprint density at radius 2 is 1.58 bits per heavy atom. The van der Waals surface area contributed by atoms with Gasteiger partial charge in [0.2, 0.25) is 0 Å². The van der Waals surface area contributed by atoms with E-state index in [-0.39, 0.29) is 17.3 Å². The van der Waals surface area contributed by atoms with E-state index in [1.165, 1.54) is 0 Å². The molecule has 0 bridgehead atoms. The van der Waals surface area contributed by atoms with Crippen LogP contribution in [0.25, 0.3) is 0 Å². The van der Waals surface area contributed by atoms with Crippen molar-refractivity contribution < 1.29 is 4.79 Å². The molecule has 3 atom stereocenters. The van der Waals surface area contributed by atoms with Crippen LogP contribution >= 0.6 is 35.0 Å². The Bertz CT molecular complexity index is 711. The highest BCUT2D eigenvalue weighted by atomic mass is 35.5. The van der Waals surface area contributed by atoms with E-state index in [4.69, 9.17) is 28.9 Å². The van der Waals surface area contributed by atoms with E-state index < -0.39 is 6.17 Å². The van der Waals surface area contributed by atoms with Gasteiger partial charge in [-0.2, -0.15) is 0 Å². The van der Waals surface area contributed by atoms with Gasteiger partial charge in [-0.25, -0.2) is 10.9 Å². The van der Waals surface area contributed by atoms with Gasteiger partial charge >= 0.3 is 0 Å². The van der Waals surface area contributed by atoms with Crippen LogP contribution in [0.2, 0.25) is 10.0 Å². The van der Waals surface area contributed by atoms with E-state index >= 15 is 0 Å². The van der Waals surface area contributed by atoms with Crippen LogP contribution in [0.5, 0.6) is 0 Å². The van der Waals surface area contributed by atoms with Gasteiger partial charge in [0.1, 0.15) is 0 Å². The quantitative estimate of drug-likeness (QED) is 0.653. The third kappa shape index (κ3) is 4.22. The SMILES string of the molecule is NC1NNC(Sc2ccc(Cl)cc2)C1NC(=O)c1ccc(Cl)cc1. The van der Waals surface area contributed by atoms with Crippen molar-refractivity contribution in [2.45, 2.75) is 22.5 Å².